The predicted octanol–water partition coefficient (Wildman–Crippen LogP) is 3.95. The number of benzene rings is 2. The average Bonchev–Trinajstić information content (AvgIpc) is 3.23. The molecule has 0 saturated heterocycles. The van der Waals surface area contributed by atoms with Crippen LogP contribution in [0.5, 0.6) is 5.75 Å². The molecule has 7 nitrogen and oxygen atoms in total. The summed E-state index contributed by atoms with van der Waals surface area (Å²) in [6.45, 7) is 2.11. The zero-order valence-electron chi connectivity index (χ0n) is 16.0. The Balaban J connectivity index is 1.51. The van der Waals surface area contributed by atoms with Crippen molar-refractivity contribution in [2.24, 2.45) is 0 Å². The average molecular weight is 411 g/mol. The fourth-order valence-electron chi connectivity index (χ4n) is 2.41. The summed E-state index contributed by atoms with van der Waals surface area (Å²) < 4.78 is 10.3. The number of nitrogens with zero attached hydrogens (tertiary/aromatic N) is 1. The first-order valence-corrected chi connectivity index (χ1v) is 9.82. The number of amides is 1. The number of nitrogens with one attached hydrogen (secondary N) is 2. The molecule has 0 unspecified atom stereocenters. The monoisotopic (exact) mass is 411 g/mol. The second-order valence-corrected chi connectivity index (χ2v) is 7.00. The van der Waals surface area contributed by atoms with E-state index in [-0.39, 0.29) is 5.69 Å². The highest BCUT2D eigenvalue weighted by Gasteiger charge is 2.21. The van der Waals surface area contributed by atoms with Gasteiger partial charge in [0.1, 0.15) is 5.75 Å². The van der Waals surface area contributed by atoms with E-state index in [1.54, 1.807) is 36.8 Å². The number of thiazole rings is 1. The Labute approximate surface area is 172 Å². The van der Waals surface area contributed by atoms with E-state index in [0.29, 0.717) is 23.1 Å². The molecule has 3 rings (SSSR count). The Bertz CT molecular complexity index is 958. The Morgan fingerprint density at radius 1 is 1.10 bits per heavy atom. The molecular weight excluding hydrogens is 390 g/mol. The van der Waals surface area contributed by atoms with Crippen LogP contribution in [0.1, 0.15) is 23.0 Å². The van der Waals surface area contributed by atoms with Gasteiger partial charge in [-0.25, -0.2) is 9.78 Å². The molecule has 29 heavy (non-hydrogen) atoms. The summed E-state index contributed by atoms with van der Waals surface area (Å²) in [5.74, 6) is -0.393. The van der Waals surface area contributed by atoms with Gasteiger partial charge < -0.3 is 20.1 Å². The molecule has 2 aromatic carbocycles. The molecule has 3 aromatic rings. The number of rotatable bonds is 8. The van der Waals surface area contributed by atoms with E-state index in [9.17, 15) is 9.59 Å². The molecule has 2 N–H and O–H groups in total. The van der Waals surface area contributed by atoms with Crippen molar-refractivity contribution in [1.82, 2.24) is 4.98 Å². The number of carbonyl (C=O) groups excluding carboxylic acids is 2. The molecule has 150 valence electrons. The van der Waals surface area contributed by atoms with Gasteiger partial charge in [0.15, 0.2) is 16.9 Å². The summed E-state index contributed by atoms with van der Waals surface area (Å²) in [4.78, 5) is 28.8. The highest BCUT2D eigenvalue weighted by Crippen LogP contribution is 2.18. The van der Waals surface area contributed by atoms with Gasteiger partial charge >= 0.3 is 5.97 Å². The van der Waals surface area contributed by atoms with Crippen LogP contribution in [0.25, 0.3) is 0 Å². The second-order valence-electron chi connectivity index (χ2n) is 6.14. The van der Waals surface area contributed by atoms with Gasteiger partial charge in [-0.15, -0.1) is 11.3 Å². The largest absolute Gasteiger partial charge is 0.497 e. The third-order valence-electron chi connectivity index (χ3n) is 4.01. The van der Waals surface area contributed by atoms with Gasteiger partial charge in [0.2, 0.25) is 0 Å². The second kappa shape index (κ2) is 9.70. The molecule has 0 fully saturated rings. The number of aromatic nitrogens is 1. The van der Waals surface area contributed by atoms with Gasteiger partial charge in [0, 0.05) is 17.6 Å². The van der Waals surface area contributed by atoms with Crippen molar-refractivity contribution in [2.45, 2.75) is 19.6 Å². The lowest BCUT2D eigenvalue weighted by Gasteiger charge is -2.13. The molecule has 1 atom stereocenters. The third-order valence-corrected chi connectivity index (χ3v) is 4.81. The van der Waals surface area contributed by atoms with Crippen molar-refractivity contribution in [1.29, 1.82) is 0 Å². The smallest absolute Gasteiger partial charge is 0.358 e. The van der Waals surface area contributed by atoms with Crippen molar-refractivity contribution in [3.63, 3.8) is 0 Å². The summed E-state index contributed by atoms with van der Waals surface area (Å²) in [7, 11) is 1.57. The molecule has 0 aliphatic carbocycles. The number of ether oxygens (including phenoxy) is 2. The number of esters is 1. The van der Waals surface area contributed by atoms with Crippen LogP contribution in [0.15, 0.2) is 60.0 Å². The van der Waals surface area contributed by atoms with Crippen molar-refractivity contribution >= 4 is 34.0 Å². The topological polar surface area (TPSA) is 89.5 Å². The normalized spacial score (nSPS) is 11.4. The maximum atomic E-state index is 12.3. The first kappa shape index (κ1) is 20.3. The summed E-state index contributed by atoms with van der Waals surface area (Å²) in [6, 6.07) is 16.7. The van der Waals surface area contributed by atoms with Crippen molar-refractivity contribution in [2.75, 3.05) is 17.7 Å². The Hall–Kier alpha value is -3.39. The lowest BCUT2D eigenvalue weighted by atomic mass is 10.2. The SMILES string of the molecule is COc1ccc(NC(=O)[C@H](C)OC(=O)c2csc(NCc3ccccc3)n2)cc1. The highest BCUT2D eigenvalue weighted by molar-refractivity contribution is 7.13. The molecule has 1 aromatic heterocycles. The van der Waals surface area contributed by atoms with E-state index in [2.05, 4.69) is 15.6 Å². The molecule has 0 saturated carbocycles. The first-order chi connectivity index (χ1) is 14.0. The maximum Gasteiger partial charge on any atom is 0.358 e. The number of methoxy groups -OCH3 is 1. The number of hydrogen-bond donors (Lipinski definition) is 2. The lowest BCUT2D eigenvalue weighted by molar-refractivity contribution is -0.123. The Kier molecular flexibility index (Phi) is 6.80. The zero-order chi connectivity index (χ0) is 20.6. The van der Waals surface area contributed by atoms with Crippen LogP contribution in [-0.2, 0) is 16.1 Å². The number of carbonyl (C=O) groups is 2. The van der Waals surface area contributed by atoms with E-state index in [0.717, 1.165) is 5.56 Å². The summed E-state index contributed by atoms with van der Waals surface area (Å²) in [5.41, 5.74) is 1.85. The number of anilines is 2. The Morgan fingerprint density at radius 3 is 2.52 bits per heavy atom. The summed E-state index contributed by atoms with van der Waals surface area (Å²) in [5, 5.41) is 8.06. The lowest BCUT2D eigenvalue weighted by Crippen LogP contribution is -2.30. The van der Waals surface area contributed by atoms with Crippen LogP contribution >= 0.6 is 11.3 Å². The van der Waals surface area contributed by atoms with Gasteiger partial charge in [0.05, 0.1) is 7.11 Å². The molecule has 0 aliphatic heterocycles. The van der Waals surface area contributed by atoms with Gasteiger partial charge in [-0.05, 0) is 36.8 Å². The maximum absolute atomic E-state index is 12.3. The quantitative estimate of drug-likeness (QED) is 0.546. The minimum atomic E-state index is -0.966. The third kappa shape index (κ3) is 5.79. The van der Waals surface area contributed by atoms with E-state index < -0.39 is 18.0 Å². The fourth-order valence-corrected chi connectivity index (χ4v) is 3.09. The van der Waals surface area contributed by atoms with Crippen LogP contribution in [0.4, 0.5) is 10.8 Å². The van der Waals surface area contributed by atoms with E-state index in [1.165, 1.54) is 18.3 Å². The van der Waals surface area contributed by atoms with Crippen LogP contribution in [-0.4, -0.2) is 30.1 Å². The van der Waals surface area contributed by atoms with Crippen LogP contribution in [0.2, 0.25) is 0 Å². The van der Waals surface area contributed by atoms with Crippen LogP contribution in [0, 0.1) is 0 Å². The molecule has 0 bridgehead atoms. The predicted molar refractivity (Wildman–Crippen MR) is 112 cm³/mol. The molecule has 0 spiro atoms. The molecule has 8 heteroatoms. The standard InChI is InChI=1S/C21H21N3O4S/c1-14(19(25)23-16-8-10-17(27-2)11-9-16)28-20(26)18-13-29-21(24-18)22-12-15-6-4-3-5-7-15/h3-11,13-14H,12H2,1-2H3,(H,22,24)(H,23,25)/t14-/m0/s1. The van der Waals surface area contributed by atoms with Gasteiger partial charge in [-0.2, -0.15) is 0 Å². The fraction of sp³-hybridized carbons (Fsp3) is 0.190. The molecular formula is C21H21N3O4S. The first-order valence-electron chi connectivity index (χ1n) is 8.94. The van der Waals surface area contributed by atoms with Crippen molar-refractivity contribution in [3.8, 4) is 5.75 Å². The van der Waals surface area contributed by atoms with Crippen LogP contribution < -0.4 is 15.4 Å². The summed E-state index contributed by atoms with van der Waals surface area (Å²) >= 11 is 1.30. The van der Waals surface area contributed by atoms with E-state index >= 15 is 0 Å². The molecule has 0 aliphatic rings. The summed E-state index contributed by atoms with van der Waals surface area (Å²) in [6.07, 6.45) is -0.966. The molecule has 1 amide bonds. The van der Waals surface area contributed by atoms with E-state index in [4.69, 9.17) is 9.47 Å². The minimum absolute atomic E-state index is 0.162. The molecule has 0 radical (unpaired) electrons. The van der Waals surface area contributed by atoms with Crippen molar-refractivity contribution in [3.05, 3.63) is 71.2 Å². The van der Waals surface area contributed by atoms with Gasteiger partial charge in [-0.3, -0.25) is 4.79 Å². The van der Waals surface area contributed by atoms with Gasteiger partial charge in [-0.1, -0.05) is 30.3 Å². The van der Waals surface area contributed by atoms with Crippen LogP contribution in [0.3, 0.4) is 0 Å². The van der Waals surface area contributed by atoms with Gasteiger partial charge in [0.25, 0.3) is 5.91 Å². The number of hydrogen-bond acceptors (Lipinski definition) is 7. The zero-order valence-corrected chi connectivity index (χ0v) is 16.9. The van der Waals surface area contributed by atoms with E-state index in [1.807, 2.05) is 30.3 Å². The Morgan fingerprint density at radius 2 is 1.83 bits per heavy atom. The molecule has 1 heterocycles. The highest BCUT2D eigenvalue weighted by atomic mass is 32.1. The van der Waals surface area contributed by atoms with Crippen molar-refractivity contribution < 1.29 is 19.1 Å². The minimum Gasteiger partial charge on any atom is -0.497 e.